The van der Waals surface area contributed by atoms with Crippen molar-refractivity contribution in [2.24, 2.45) is 5.92 Å². The summed E-state index contributed by atoms with van der Waals surface area (Å²) in [5, 5.41) is 12.8. The number of aliphatic hydroxyl groups is 1. The Kier molecular flexibility index (Phi) is 5.85. The van der Waals surface area contributed by atoms with Crippen molar-refractivity contribution in [3.63, 3.8) is 0 Å². The Morgan fingerprint density at radius 2 is 0.833 bits per heavy atom. The van der Waals surface area contributed by atoms with Gasteiger partial charge in [-0.05, 0) is 39.0 Å². The van der Waals surface area contributed by atoms with Gasteiger partial charge in [-0.15, -0.1) is 0 Å². The maximum atomic E-state index is 12.8. The summed E-state index contributed by atoms with van der Waals surface area (Å²) in [6.07, 6.45) is 0. The lowest BCUT2D eigenvalue weighted by atomic mass is 9.80. The van der Waals surface area contributed by atoms with E-state index < -0.39 is 5.60 Å². The maximum Gasteiger partial charge on any atom is 0.122 e. The third-order valence-corrected chi connectivity index (χ3v) is 7.34. The predicted molar refractivity (Wildman–Crippen MR) is 147 cm³/mol. The second kappa shape index (κ2) is 9.45. The van der Waals surface area contributed by atoms with Crippen LogP contribution in [0.15, 0.2) is 157 Å². The number of rotatable bonds is 6. The Hall–Kier alpha value is -4.20. The average Bonchev–Trinajstić information content (AvgIpc) is 3.71. The van der Waals surface area contributed by atoms with E-state index in [1.165, 1.54) is 27.8 Å². The molecule has 1 saturated carbocycles. The molecule has 36 heavy (non-hydrogen) atoms. The standard InChI is InChI=1S/C35H28O/c36-35(29-22-12-4-13-23-29,30-24-14-5-15-25-30)34-32(28-20-10-3-11-21-28)33(34)31(26-16-6-1-7-17-26)27-18-8-2-9-19-27/h1-25,32,34,36H. The van der Waals surface area contributed by atoms with Crippen LogP contribution in [0.5, 0.6) is 0 Å². The minimum absolute atomic E-state index is 0.0898. The molecule has 5 aromatic rings. The smallest absolute Gasteiger partial charge is 0.122 e. The van der Waals surface area contributed by atoms with Crippen LogP contribution in [0.2, 0.25) is 0 Å². The van der Waals surface area contributed by atoms with E-state index in [1.807, 2.05) is 36.4 Å². The molecule has 0 spiro atoms. The molecule has 0 amide bonds. The SMILES string of the molecule is OC(c1ccccc1)(c1ccccc1)C1C(=C(c2ccccc2)c2ccccc2)C1c1ccccc1. The van der Waals surface area contributed by atoms with E-state index in [1.54, 1.807) is 0 Å². The number of hydrogen-bond acceptors (Lipinski definition) is 1. The van der Waals surface area contributed by atoms with Gasteiger partial charge in [0, 0.05) is 11.8 Å². The average molecular weight is 465 g/mol. The topological polar surface area (TPSA) is 20.2 Å². The molecular weight excluding hydrogens is 436 g/mol. The summed E-state index contributed by atoms with van der Waals surface area (Å²) < 4.78 is 0. The molecule has 0 aliphatic heterocycles. The first-order valence-electron chi connectivity index (χ1n) is 12.5. The van der Waals surface area contributed by atoms with Gasteiger partial charge in [-0.1, -0.05) is 152 Å². The zero-order valence-electron chi connectivity index (χ0n) is 20.0. The fourth-order valence-corrected chi connectivity index (χ4v) is 5.69. The summed E-state index contributed by atoms with van der Waals surface area (Å²) in [5.41, 5.74) is 6.71. The Morgan fingerprint density at radius 3 is 1.25 bits per heavy atom. The van der Waals surface area contributed by atoms with Gasteiger partial charge in [0.25, 0.3) is 0 Å². The summed E-state index contributed by atoms with van der Waals surface area (Å²) in [6.45, 7) is 0. The van der Waals surface area contributed by atoms with Crippen LogP contribution < -0.4 is 0 Å². The first-order chi connectivity index (χ1) is 17.8. The lowest BCUT2D eigenvalue weighted by Crippen LogP contribution is -2.31. The molecule has 6 rings (SSSR count). The predicted octanol–water partition coefficient (Wildman–Crippen LogP) is 7.84. The van der Waals surface area contributed by atoms with Crippen LogP contribution in [0.25, 0.3) is 5.57 Å². The largest absolute Gasteiger partial charge is 0.380 e. The van der Waals surface area contributed by atoms with Crippen molar-refractivity contribution in [1.82, 2.24) is 0 Å². The molecule has 1 heteroatoms. The van der Waals surface area contributed by atoms with E-state index in [9.17, 15) is 5.11 Å². The summed E-state index contributed by atoms with van der Waals surface area (Å²) in [6, 6.07) is 52.1. The third kappa shape index (κ3) is 3.88. The molecule has 1 aliphatic carbocycles. The minimum Gasteiger partial charge on any atom is -0.380 e. The first-order valence-corrected chi connectivity index (χ1v) is 12.5. The van der Waals surface area contributed by atoms with E-state index in [2.05, 4.69) is 115 Å². The van der Waals surface area contributed by atoms with Crippen LogP contribution in [0, 0.1) is 5.92 Å². The van der Waals surface area contributed by atoms with Crippen LogP contribution >= 0.6 is 0 Å². The molecule has 1 aliphatic rings. The van der Waals surface area contributed by atoms with E-state index >= 15 is 0 Å². The molecule has 2 atom stereocenters. The van der Waals surface area contributed by atoms with Gasteiger partial charge in [0.15, 0.2) is 0 Å². The summed E-state index contributed by atoms with van der Waals surface area (Å²) in [7, 11) is 0. The molecule has 0 heterocycles. The molecule has 0 aromatic heterocycles. The van der Waals surface area contributed by atoms with Crippen LogP contribution in [0.1, 0.15) is 33.7 Å². The molecular formula is C35H28O. The van der Waals surface area contributed by atoms with Gasteiger partial charge in [-0.2, -0.15) is 0 Å². The van der Waals surface area contributed by atoms with E-state index in [-0.39, 0.29) is 11.8 Å². The highest BCUT2D eigenvalue weighted by Crippen LogP contribution is 2.66. The van der Waals surface area contributed by atoms with Crippen molar-refractivity contribution >= 4 is 5.57 Å². The fraction of sp³-hybridized carbons (Fsp3) is 0.0857. The quantitative estimate of drug-likeness (QED) is 0.271. The number of benzene rings is 5. The van der Waals surface area contributed by atoms with E-state index in [4.69, 9.17) is 0 Å². The highest BCUT2D eigenvalue weighted by molar-refractivity contribution is 5.87. The molecule has 0 saturated heterocycles. The zero-order valence-corrected chi connectivity index (χ0v) is 20.0. The molecule has 1 fully saturated rings. The monoisotopic (exact) mass is 464 g/mol. The fourth-order valence-electron chi connectivity index (χ4n) is 5.69. The lowest BCUT2D eigenvalue weighted by Gasteiger charge is -2.30. The second-order valence-corrected chi connectivity index (χ2v) is 9.43. The van der Waals surface area contributed by atoms with Gasteiger partial charge >= 0.3 is 0 Å². The summed E-state index contributed by atoms with van der Waals surface area (Å²) >= 11 is 0. The summed E-state index contributed by atoms with van der Waals surface area (Å²) in [5.74, 6) is -0.0212. The van der Waals surface area contributed by atoms with Crippen molar-refractivity contribution in [2.45, 2.75) is 11.5 Å². The van der Waals surface area contributed by atoms with Crippen molar-refractivity contribution in [2.75, 3.05) is 0 Å². The molecule has 5 aromatic carbocycles. The normalized spacial score (nSPS) is 17.0. The molecule has 0 radical (unpaired) electrons. The maximum absolute atomic E-state index is 12.8. The van der Waals surface area contributed by atoms with Gasteiger partial charge in [0.05, 0.1) is 0 Å². The Morgan fingerprint density at radius 1 is 0.472 bits per heavy atom. The van der Waals surface area contributed by atoms with Crippen LogP contribution in [0.4, 0.5) is 0 Å². The van der Waals surface area contributed by atoms with Crippen molar-refractivity contribution < 1.29 is 5.11 Å². The van der Waals surface area contributed by atoms with Gasteiger partial charge < -0.3 is 5.11 Å². The van der Waals surface area contributed by atoms with Gasteiger partial charge in [0.1, 0.15) is 5.60 Å². The zero-order chi connectivity index (χ0) is 24.4. The Bertz CT molecular complexity index is 1380. The van der Waals surface area contributed by atoms with Crippen molar-refractivity contribution in [3.8, 4) is 0 Å². The van der Waals surface area contributed by atoms with Crippen LogP contribution in [0.3, 0.4) is 0 Å². The van der Waals surface area contributed by atoms with E-state index in [0.717, 1.165) is 11.1 Å². The lowest BCUT2D eigenvalue weighted by molar-refractivity contribution is 0.0584. The Balaban J connectivity index is 1.65. The highest BCUT2D eigenvalue weighted by Gasteiger charge is 2.59. The number of hydrogen-bond donors (Lipinski definition) is 1. The summed E-state index contributed by atoms with van der Waals surface area (Å²) in [4.78, 5) is 0. The highest BCUT2D eigenvalue weighted by atomic mass is 16.3. The molecule has 174 valence electrons. The first kappa shape index (κ1) is 22.3. The van der Waals surface area contributed by atoms with Crippen molar-refractivity contribution in [3.05, 3.63) is 185 Å². The van der Waals surface area contributed by atoms with Crippen molar-refractivity contribution in [1.29, 1.82) is 0 Å². The Labute approximate surface area is 213 Å². The van der Waals surface area contributed by atoms with Gasteiger partial charge in [0.2, 0.25) is 0 Å². The molecule has 0 bridgehead atoms. The van der Waals surface area contributed by atoms with Gasteiger partial charge in [-0.3, -0.25) is 0 Å². The minimum atomic E-state index is -1.17. The van der Waals surface area contributed by atoms with Crippen LogP contribution in [-0.2, 0) is 5.60 Å². The van der Waals surface area contributed by atoms with Crippen LogP contribution in [-0.4, -0.2) is 5.11 Å². The van der Waals surface area contributed by atoms with Gasteiger partial charge in [-0.25, -0.2) is 0 Å². The molecule has 1 N–H and O–H groups in total. The molecule has 2 unspecified atom stereocenters. The van der Waals surface area contributed by atoms with E-state index in [0.29, 0.717) is 0 Å². The second-order valence-electron chi connectivity index (χ2n) is 9.43. The molecule has 1 nitrogen and oxygen atoms in total. The third-order valence-electron chi connectivity index (χ3n) is 7.34.